The Hall–Kier alpha value is -0.830. The molecule has 0 spiro atoms. The third kappa shape index (κ3) is 1.77. The maximum absolute atomic E-state index is 4.37. The molecular formula is C13H23N3. The van der Waals surface area contributed by atoms with Crippen LogP contribution in [0.15, 0.2) is 12.4 Å². The minimum atomic E-state index is 0.359. The number of aryl methyl sites for hydroxylation is 1. The molecular weight excluding hydrogens is 198 g/mol. The molecule has 1 aliphatic carbocycles. The van der Waals surface area contributed by atoms with Crippen LogP contribution in [0, 0.1) is 5.41 Å². The van der Waals surface area contributed by atoms with Crippen molar-refractivity contribution in [2.24, 2.45) is 5.41 Å². The Morgan fingerprint density at radius 1 is 1.50 bits per heavy atom. The van der Waals surface area contributed by atoms with Crippen molar-refractivity contribution in [3.05, 3.63) is 18.0 Å². The van der Waals surface area contributed by atoms with Crippen LogP contribution in [0.5, 0.6) is 0 Å². The summed E-state index contributed by atoms with van der Waals surface area (Å²) < 4.78 is 2.02. The highest BCUT2D eigenvalue weighted by molar-refractivity contribution is 5.23. The van der Waals surface area contributed by atoms with Gasteiger partial charge in [-0.05, 0) is 36.8 Å². The lowest BCUT2D eigenvalue weighted by atomic mass is 9.57. The molecule has 2 unspecified atom stereocenters. The average molecular weight is 221 g/mol. The number of hydrogen-bond acceptors (Lipinski definition) is 2. The van der Waals surface area contributed by atoms with Gasteiger partial charge in [0.05, 0.1) is 6.20 Å². The third-order valence-corrected chi connectivity index (χ3v) is 4.10. The van der Waals surface area contributed by atoms with Crippen LogP contribution in [0.1, 0.15) is 45.6 Å². The van der Waals surface area contributed by atoms with Gasteiger partial charge in [0, 0.05) is 18.8 Å². The quantitative estimate of drug-likeness (QED) is 0.846. The fourth-order valence-corrected chi connectivity index (χ4v) is 2.82. The minimum Gasteiger partial charge on any atom is -0.314 e. The number of hydrogen-bond donors (Lipinski definition) is 1. The number of nitrogens with zero attached hydrogens (tertiary/aromatic N) is 2. The van der Waals surface area contributed by atoms with E-state index in [0.717, 1.165) is 13.1 Å². The van der Waals surface area contributed by atoms with Crippen molar-refractivity contribution < 1.29 is 0 Å². The first-order valence-electron chi connectivity index (χ1n) is 6.35. The standard InChI is InChI=1S/C13H23N3/c1-5-14-12-7-11(13(12,3)4)10-8-15-16(6-2)9-10/h8-9,11-12,14H,5-7H2,1-4H3. The molecule has 1 heterocycles. The third-order valence-electron chi connectivity index (χ3n) is 4.10. The first-order chi connectivity index (χ1) is 7.59. The fraction of sp³-hybridized carbons (Fsp3) is 0.769. The van der Waals surface area contributed by atoms with Gasteiger partial charge in [-0.1, -0.05) is 20.8 Å². The molecule has 0 saturated heterocycles. The summed E-state index contributed by atoms with van der Waals surface area (Å²) in [5.41, 5.74) is 1.76. The van der Waals surface area contributed by atoms with Crippen molar-refractivity contribution in [3.63, 3.8) is 0 Å². The summed E-state index contributed by atoms with van der Waals surface area (Å²) in [6.07, 6.45) is 5.49. The van der Waals surface area contributed by atoms with Crippen LogP contribution in [-0.4, -0.2) is 22.4 Å². The van der Waals surface area contributed by atoms with Gasteiger partial charge in [0.25, 0.3) is 0 Å². The molecule has 1 N–H and O–H groups in total. The van der Waals surface area contributed by atoms with E-state index in [1.165, 1.54) is 12.0 Å². The van der Waals surface area contributed by atoms with Crippen molar-refractivity contribution in [1.82, 2.24) is 15.1 Å². The van der Waals surface area contributed by atoms with Gasteiger partial charge in [-0.15, -0.1) is 0 Å². The molecule has 16 heavy (non-hydrogen) atoms. The SMILES string of the molecule is CCNC1CC(c2cnn(CC)c2)C1(C)C. The van der Waals surface area contributed by atoms with Crippen LogP contribution in [0.2, 0.25) is 0 Å². The van der Waals surface area contributed by atoms with Gasteiger partial charge < -0.3 is 5.32 Å². The molecule has 1 aromatic rings. The molecule has 1 fully saturated rings. The molecule has 1 saturated carbocycles. The number of rotatable bonds is 4. The van der Waals surface area contributed by atoms with Gasteiger partial charge in [0.15, 0.2) is 0 Å². The highest BCUT2D eigenvalue weighted by Crippen LogP contribution is 2.52. The molecule has 0 bridgehead atoms. The highest BCUT2D eigenvalue weighted by Gasteiger charge is 2.48. The highest BCUT2D eigenvalue weighted by atomic mass is 15.3. The van der Waals surface area contributed by atoms with Crippen LogP contribution in [-0.2, 0) is 6.54 Å². The predicted molar refractivity (Wildman–Crippen MR) is 66.5 cm³/mol. The van der Waals surface area contributed by atoms with E-state index >= 15 is 0 Å². The second kappa shape index (κ2) is 4.21. The summed E-state index contributed by atoms with van der Waals surface area (Å²) >= 11 is 0. The Morgan fingerprint density at radius 2 is 2.25 bits per heavy atom. The molecule has 0 radical (unpaired) electrons. The Kier molecular flexibility index (Phi) is 3.06. The summed E-state index contributed by atoms with van der Waals surface area (Å²) in [7, 11) is 0. The molecule has 0 aliphatic heterocycles. The van der Waals surface area contributed by atoms with Gasteiger partial charge in [0.2, 0.25) is 0 Å². The van der Waals surface area contributed by atoms with Gasteiger partial charge in [0.1, 0.15) is 0 Å². The van der Waals surface area contributed by atoms with Crippen LogP contribution in [0.3, 0.4) is 0 Å². The predicted octanol–water partition coefficient (Wildman–Crippen LogP) is 2.39. The Labute approximate surface area is 98.2 Å². The smallest absolute Gasteiger partial charge is 0.0524 e. The summed E-state index contributed by atoms with van der Waals surface area (Å²) in [6, 6.07) is 0.660. The van der Waals surface area contributed by atoms with Crippen molar-refractivity contribution in [2.75, 3.05) is 6.54 Å². The lowest BCUT2D eigenvalue weighted by molar-refractivity contribution is 0.0706. The molecule has 90 valence electrons. The van der Waals surface area contributed by atoms with Gasteiger partial charge >= 0.3 is 0 Å². The number of aromatic nitrogens is 2. The van der Waals surface area contributed by atoms with Crippen LogP contribution >= 0.6 is 0 Å². The lowest BCUT2D eigenvalue weighted by Gasteiger charge is -2.52. The summed E-state index contributed by atoms with van der Waals surface area (Å²) in [6.45, 7) is 11.1. The second-order valence-electron chi connectivity index (χ2n) is 5.35. The fourth-order valence-electron chi connectivity index (χ4n) is 2.82. The Morgan fingerprint density at radius 3 is 2.75 bits per heavy atom. The van der Waals surface area contributed by atoms with E-state index in [-0.39, 0.29) is 0 Å². The number of nitrogens with one attached hydrogen (secondary N) is 1. The topological polar surface area (TPSA) is 29.9 Å². The molecule has 1 aliphatic rings. The first-order valence-corrected chi connectivity index (χ1v) is 6.35. The summed E-state index contributed by atoms with van der Waals surface area (Å²) in [4.78, 5) is 0. The van der Waals surface area contributed by atoms with E-state index < -0.39 is 0 Å². The molecule has 2 rings (SSSR count). The summed E-state index contributed by atoms with van der Waals surface area (Å²) in [5.74, 6) is 0.664. The van der Waals surface area contributed by atoms with Crippen molar-refractivity contribution in [2.45, 2.75) is 52.6 Å². The van der Waals surface area contributed by atoms with E-state index in [1.807, 2.05) is 10.9 Å². The Balaban J connectivity index is 2.07. The van der Waals surface area contributed by atoms with Crippen molar-refractivity contribution >= 4 is 0 Å². The van der Waals surface area contributed by atoms with Gasteiger partial charge in [-0.2, -0.15) is 5.10 Å². The van der Waals surface area contributed by atoms with E-state index in [4.69, 9.17) is 0 Å². The lowest BCUT2D eigenvalue weighted by Crippen LogP contribution is -2.55. The zero-order valence-electron chi connectivity index (χ0n) is 10.8. The largest absolute Gasteiger partial charge is 0.314 e. The van der Waals surface area contributed by atoms with Crippen molar-refractivity contribution in [3.8, 4) is 0 Å². The molecule has 0 aromatic carbocycles. The first kappa shape index (κ1) is 11.6. The van der Waals surface area contributed by atoms with Crippen molar-refractivity contribution in [1.29, 1.82) is 0 Å². The second-order valence-corrected chi connectivity index (χ2v) is 5.35. The molecule has 2 atom stereocenters. The maximum atomic E-state index is 4.37. The normalized spacial score (nSPS) is 27.8. The van der Waals surface area contributed by atoms with E-state index in [1.54, 1.807) is 0 Å². The minimum absolute atomic E-state index is 0.359. The van der Waals surface area contributed by atoms with Gasteiger partial charge in [-0.25, -0.2) is 0 Å². The van der Waals surface area contributed by atoms with Crippen LogP contribution < -0.4 is 5.32 Å². The van der Waals surface area contributed by atoms with E-state index in [9.17, 15) is 0 Å². The zero-order chi connectivity index (χ0) is 11.8. The van der Waals surface area contributed by atoms with Gasteiger partial charge in [-0.3, -0.25) is 4.68 Å². The molecule has 3 nitrogen and oxygen atoms in total. The molecule has 1 aromatic heterocycles. The summed E-state index contributed by atoms with van der Waals surface area (Å²) in [5, 5.41) is 7.94. The van der Waals surface area contributed by atoms with E-state index in [0.29, 0.717) is 17.4 Å². The average Bonchev–Trinajstić information content (AvgIpc) is 2.71. The maximum Gasteiger partial charge on any atom is 0.0524 e. The van der Waals surface area contributed by atoms with Crippen LogP contribution in [0.4, 0.5) is 0 Å². The zero-order valence-corrected chi connectivity index (χ0v) is 10.8. The molecule has 3 heteroatoms. The monoisotopic (exact) mass is 221 g/mol. The molecule has 0 amide bonds. The van der Waals surface area contributed by atoms with Crippen LogP contribution in [0.25, 0.3) is 0 Å². The Bertz CT molecular complexity index is 354. The van der Waals surface area contributed by atoms with E-state index in [2.05, 4.69) is 44.3 Å².